The molecule has 2 aliphatic heterocycles. The lowest BCUT2D eigenvalue weighted by Gasteiger charge is -2.30. The molecule has 0 N–H and O–H groups in total. The fourth-order valence-electron chi connectivity index (χ4n) is 5.14. The van der Waals surface area contributed by atoms with Crippen molar-refractivity contribution in [3.05, 3.63) is 23.3 Å². The summed E-state index contributed by atoms with van der Waals surface area (Å²) >= 11 is 0. The normalized spacial score (nSPS) is 28.7. The number of carbonyl (C=O) groups excluding carboxylic acids is 2. The second kappa shape index (κ2) is 5.76. The van der Waals surface area contributed by atoms with Crippen LogP contribution in [0, 0.1) is 11.3 Å². The van der Waals surface area contributed by atoms with E-state index in [1.165, 1.54) is 19.3 Å². The minimum atomic E-state index is 0.0383. The van der Waals surface area contributed by atoms with Gasteiger partial charge in [-0.15, -0.1) is 0 Å². The quantitative estimate of drug-likeness (QED) is 0.817. The van der Waals surface area contributed by atoms with Crippen LogP contribution in [0.2, 0.25) is 0 Å². The molecule has 2 saturated carbocycles. The van der Waals surface area contributed by atoms with Gasteiger partial charge in [0.25, 0.3) is 0 Å². The Hall–Kier alpha value is -1.98. The predicted octanol–water partition coefficient (Wildman–Crippen LogP) is 2.23. The molecule has 6 heteroatoms. The number of carbonyl (C=O) groups is 2. The van der Waals surface area contributed by atoms with E-state index < -0.39 is 0 Å². The first-order valence-corrected chi connectivity index (χ1v) is 9.98. The minimum absolute atomic E-state index is 0.0383. The van der Waals surface area contributed by atoms with Gasteiger partial charge in [0.1, 0.15) is 0 Å². The molecule has 1 saturated heterocycles. The molecule has 4 aliphatic rings. The van der Waals surface area contributed by atoms with E-state index in [2.05, 4.69) is 9.88 Å². The Bertz CT molecular complexity index is 773. The van der Waals surface area contributed by atoms with Gasteiger partial charge in [-0.1, -0.05) is 6.42 Å². The van der Waals surface area contributed by atoms with Crippen LogP contribution in [-0.2, 0) is 22.6 Å². The highest BCUT2D eigenvalue weighted by atomic mass is 16.2. The lowest BCUT2D eigenvalue weighted by Crippen LogP contribution is -2.37. The molecular formula is C20H26N4O2. The van der Waals surface area contributed by atoms with Crippen molar-refractivity contribution in [2.45, 2.75) is 64.5 Å². The van der Waals surface area contributed by atoms with Crippen LogP contribution < -0.4 is 0 Å². The first kappa shape index (κ1) is 16.2. The molecule has 1 spiro atoms. The molecule has 6 nitrogen and oxygen atoms in total. The minimum Gasteiger partial charge on any atom is -0.338 e. The molecule has 0 radical (unpaired) electrons. The summed E-state index contributed by atoms with van der Waals surface area (Å²) in [5, 5.41) is 0. The molecule has 2 aliphatic carbocycles. The van der Waals surface area contributed by atoms with Gasteiger partial charge in [-0.2, -0.15) is 0 Å². The molecule has 5 rings (SSSR count). The molecule has 138 valence electrons. The summed E-state index contributed by atoms with van der Waals surface area (Å²) in [5.41, 5.74) is 2.47. The number of fused-ring (bicyclic) bond motifs is 1. The van der Waals surface area contributed by atoms with Crippen LogP contribution in [-0.4, -0.2) is 44.7 Å². The maximum Gasteiger partial charge on any atom is 0.226 e. The van der Waals surface area contributed by atoms with E-state index in [0.717, 1.165) is 55.9 Å². The van der Waals surface area contributed by atoms with Gasteiger partial charge in [0.2, 0.25) is 11.8 Å². The van der Waals surface area contributed by atoms with Crippen molar-refractivity contribution in [3.63, 3.8) is 0 Å². The van der Waals surface area contributed by atoms with Crippen molar-refractivity contribution in [3.8, 4) is 0 Å². The van der Waals surface area contributed by atoms with E-state index in [1.54, 1.807) is 6.92 Å². The highest BCUT2D eigenvalue weighted by molar-refractivity contribution is 5.83. The zero-order valence-corrected chi connectivity index (χ0v) is 15.4. The van der Waals surface area contributed by atoms with Crippen LogP contribution in [0.4, 0.5) is 0 Å². The van der Waals surface area contributed by atoms with Crippen LogP contribution >= 0.6 is 0 Å². The van der Waals surface area contributed by atoms with Crippen LogP contribution in [0.1, 0.15) is 68.6 Å². The summed E-state index contributed by atoms with van der Waals surface area (Å²) in [5.74, 6) is 1.51. The molecule has 2 amide bonds. The van der Waals surface area contributed by atoms with Gasteiger partial charge in [-0.3, -0.25) is 9.59 Å². The van der Waals surface area contributed by atoms with Crippen molar-refractivity contribution in [1.82, 2.24) is 19.8 Å². The van der Waals surface area contributed by atoms with Gasteiger partial charge in [0, 0.05) is 50.7 Å². The molecule has 0 aromatic carbocycles. The highest BCUT2D eigenvalue weighted by Gasteiger charge is 2.62. The number of hydrogen-bond acceptors (Lipinski definition) is 4. The number of likely N-dealkylation sites (tertiary alicyclic amines) is 1. The zero-order valence-electron chi connectivity index (χ0n) is 15.4. The largest absolute Gasteiger partial charge is 0.338 e. The molecule has 1 aromatic rings. The molecule has 0 bridgehead atoms. The topological polar surface area (TPSA) is 66.4 Å². The zero-order chi connectivity index (χ0) is 17.9. The van der Waals surface area contributed by atoms with E-state index in [9.17, 15) is 9.59 Å². The number of hydrogen-bond donors (Lipinski definition) is 0. The standard InChI is InChI=1S/C20H26N4O2/c1-13(25)23-9-5-16-14(12-23)11-21-18(22-16)17-4-2-8-24(17)19(26)15-10-20(15)6-3-7-20/h11,15,17H,2-10,12H2,1H3/t15-,17+/m1/s1. The highest BCUT2D eigenvalue weighted by Crippen LogP contribution is 2.66. The molecule has 0 unspecified atom stereocenters. The SMILES string of the molecule is CC(=O)N1CCc2nc([C@@H]3CCCN3C(=O)[C@H]3CC34CCC4)ncc2C1. The van der Waals surface area contributed by atoms with Crippen molar-refractivity contribution in [1.29, 1.82) is 0 Å². The van der Waals surface area contributed by atoms with Crippen LogP contribution in [0.3, 0.4) is 0 Å². The smallest absolute Gasteiger partial charge is 0.226 e. The molecule has 1 aromatic heterocycles. The van der Waals surface area contributed by atoms with E-state index in [0.29, 0.717) is 17.9 Å². The third kappa shape index (κ3) is 2.45. The van der Waals surface area contributed by atoms with E-state index in [4.69, 9.17) is 4.98 Å². The predicted molar refractivity (Wildman–Crippen MR) is 94.9 cm³/mol. The first-order chi connectivity index (χ1) is 12.6. The fourth-order valence-corrected chi connectivity index (χ4v) is 5.14. The lowest BCUT2D eigenvalue weighted by atomic mass is 9.79. The van der Waals surface area contributed by atoms with E-state index in [1.807, 2.05) is 11.1 Å². The summed E-state index contributed by atoms with van der Waals surface area (Å²) in [4.78, 5) is 38.0. The fraction of sp³-hybridized carbons (Fsp3) is 0.700. The molecule has 3 heterocycles. The number of aromatic nitrogens is 2. The van der Waals surface area contributed by atoms with Crippen LogP contribution in [0.5, 0.6) is 0 Å². The van der Waals surface area contributed by atoms with Crippen molar-refractivity contribution in [2.24, 2.45) is 11.3 Å². The maximum absolute atomic E-state index is 13.0. The lowest BCUT2D eigenvalue weighted by molar-refractivity contribution is -0.135. The average Bonchev–Trinajstić information content (AvgIpc) is 3.22. The Labute approximate surface area is 154 Å². The van der Waals surface area contributed by atoms with Gasteiger partial charge in [0.15, 0.2) is 5.82 Å². The van der Waals surface area contributed by atoms with Gasteiger partial charge in [0.05, 0.1) is 11.7 Å². The summed E-state index contributed by atoms with van der Waals surface area (Å²) in [6, 6.07) is 0.0383. The number of amides is 2. The van der Waals surface area contributed by atoms with Crippen LogP contribution in [0.25, 0.3) is 0 Å². The van der Waals surface area contributed by atoms with Crippen molar-refractivity contribution < 1.29 is 9.59 Å². The number of rotatable bonds is 2. The third-order valence-corrected chi connectivity index (χ3v) is 7.07. The van der Waals surface area contributed by atoms with Gasteiger partial charge in [-0.05, 0) is 37.5 Å². The van der Waals surface area contributed by atoms with E-state index >= 15 is 0 Å². The molecule has 26 heavy (non-hydrogen) atoms. The number of nitrogens with zero attached hydrogens (tertiary/aromatic N) is 4. The average molecular weight is 354 g/mol. The van der Waals surface area contributed by atoms with Crippen molar-refractivity contribution in [2.75, 3.05) is 13.1 Å². The van der Waals surface area contributed by atoms with Crippen LogP contribution in [0.15, 0.2) is 6.20 Å². The summed E-state index contributed by atoms with van der Waals surface area (Å²) in [7, 11) is 0. The monoisotopic (exact) mass is 354 g/mol. The maximum atomic E-state index is 13.0. The van der Waals surface area contributed by atoms with Crippen molar-refractivity contribution >= 4 is 11.8 Å². The Morgan fingerprint density at radius 2 is 2.08 bits per heavy atom. The summed E-state index contributed by atoms with van der Waals surface area (Å²) in [6.45, 7) is 3.77. The van der Waals surface area contributed by atoms with Gasteiger partial charge < -0.3 is 9.80 Å². The Kier molecular flexibility index (Phi) is 3.59. The summed E-state index contributed by atoms with van der Waals surface area (Å²) in [6.07, 6.45) is 9.51. The first-order valence-electron chi connectivity index (χ1n) is 9.98. The molecule has 3 fully saturated rings. The Balaban J connectivity index is 1.34. The second-order valence-electron chi connectivity index (χ2n) is 8.55. The second-order valence-corrected chi connectivity index (χ2v) is 8.55. The third-order valence-electron chi connectivity index (χ3n) is 7.07. The van der Waals surface area contributed by atoms with Gasteiger partial charge >= 0.3 is 0 Å². The van der Waals surface area contributed by atoms with E-state index in [-0.39, 0.29) is 17.9 Å². The van der Waals surface area contributed by atoms with Gasteiger partial charge in [-0.25, -0.2) is 9.97 Å². The molecular weight excluding hydrogens is 328 g/mol. The molecule has 2 atom stereocenters. The summed E-state index contributed by atoms with van der Waals surface area (Å²) < 4.78 is 0. The Morgan fingerprint density at radius 3 is 2.77 bits per heavy atom. The Morgan fingerprint density at radius 1 is 1.23 bits per heavy atom.